The first-order valence-electron chi connectivity index (χ1n) is 10.2. The molecular formula is C23H24ClN3O. The molecule has 0 unspecified atom stereocenters. The summed E-state index contributed by atoms with van der Waals surface area (Å²) in [6, 6.07) is 16.2. The first-order chi connectivity index (χ1) is 13.8. The Kier molecular flexibility index (Phi) is 4.91. The maximum atomic E-state index is 6.09. The van der Waals surface area contributed by atoms with E-state index in [2.05, 4.69) is 39.4 Å². The molecule has 28 heavy (non-hydrogen) atoms. The van der Waals surface area contributed by atoms with E-state index >= 15 is 0 Å². The summed E-state index contributed by atoms with van der Waals surface area (Å²) in [6.45, 7) is 2.88. The van der Waals surface area contributed by atoms with Gasteiger partial charge in [0.25, 0.3) is 0 Å². The van der Waals surface area contributed by atoms with Crippen molar-refractivity contribution in [2.75, 3.05) is 24.6 Å². The minimum absolute atomic E-state index is 0.393. The molecule has 1 saturated carbocycles. The second kappa shape index (κ2) is 7.69. The fraction of sp³-hybridized carbons (Fsp3) is 0.391. The van der Waals surface area contributed by atoms with Crippen LogP contribution in [0.4, 0.5) is 5.82 Å². The van der Waals surface area contributed by atoms with Gasteiger partial charge in [-0.25, -0.2) is 0 Å². The molecule has 144 valence electrons. The summed E-state index contributed by atoms with van der Waals surface area (Å²) in [5, 5.41) is 12.2. The van der Waals surface area contributed by atoms with Gasteiger partial charge in [0.05, 0.1) is 6.10 Å². The zero-order chi connectivity index (χ0) is 18.9. The third kappa shape index (κ3) is 3.71. The number of anilines is 1. The van der Waals surface area contributed by atoms with Crippen LogP contribution in [0, 0.1) is 5.92 Å². The molecular weight excluding hydrogens is 370 g/mol. The molecule has 5 rings (SSSR count). The predicted octanol–water partition coefficient (Wildman–Crippen LogP) is 5.35. The number of fused-ring (bicyclic) bond motifs is 1. The van der Waals surface area contributed by atoms with E-state index in [1.54, 1.807) is 0 Å². The van der Waals surface area contributed by atoms with Crippen LogP contribution in [0.1, 0.15) is 25.7 Å². The lowest BCUT2D eigenvalue weighted by atomic mass is 10.0. The van der Waals surface area contributed by atoms with Crippen molar-refractivity contribution in [1.29, 1.82) is 0 Å². The number of halogens is 1. The monoisotopic (exact) mass is 393 g/mol. The van der Waals surface area contributed by atoms with Gasteiger partial charge in [-0.3, -0.25) is 0 Å². The summed E-state index contributed by atoms with van der Waals surface area (Å²) in [7, 11) is 0. The van der Waals surface area contributed by atoms with Crippen molar-refractivity contribution in [3.63, 3.8) is 0 Å². The van der Waals surface area contributed by atoms with Crippen molar-refractivity contribution in [3.8, 4) is 11.3 Å². The van der Waals surface area contributed by atoms with Crippen LogP contribution >= 0.6 is 11.6 Å². The van der Waals surface area contributed by atoms with Crippen molar-refractivity contribution in [1.82, 2.24) is 10.2 Å². The first-order valence-corrected chi connectivity index (χ1v) is 10.5. The fourth-order valence-electron chi connectivity index (χ4n) is 3.94. The minimum atomic E-state index is 0.393. The van der Waals surface area contributed by atoms with Crippen LogP contribution in [0.15, 0.2) is 48.5 Å². The van der Waals surface area contributed by atoms with Gasteiger partial charge < -0.3 is 9.64 Å². The van der Waals surface area contributed by atoms with Crippen LogP contribution in [0.3, 0.4) is 0 Å². The van der Waals surface area contributed by atoms with Crippen LogP contribution in [0.2, 0.25) is 5.02 Å². The minimum Gasteiger partial charge on any atom is -0.378 e. The van der Waals surface area contributed by atoms with Gasteiger partial charge in [-0.2, -0.15) is 0 Å². The van der Waals surface area contributed by atoms with Gasteiger partial charge in [-0.1, -0.05) is 48.0 Å². The molecule has 2 aromatic carbocycles. The van der Waals surface area contributed by atoms with Crippen molar-refractivity contribution in [2.24, 2.45) is 5.92 Å². The summed E-state index contributed by atoms with van der Waals surface area (Å²) < 4.78 is 6.09. The molecule has 2 fully saturated rings. The molecule has 0 spiro atoms. The zero-order valence-corrected chi connectivity index (χ0v) is 16.6. The Bertz CT molecular complexity index is 963. The van der Waals surface area contributed by atoms with E-state index < -0.39 is 0 Å². The molecule has 0 N–H and O–H groups in total. The Balaban J connectivity index is 1.40. The molecule has 1 aromatic heterocycles. The van der Waals surface area contributed by atoms with Crippen molar-refractivity contribution < 1.29 is 4.74 Å². The van der Waals surface area contributed by atoms with Gasteiger partial charge in [0, 0.05) is 41.1 Å². The van der Waals surface area contributed by atoms with E-state index in [0.717, 1.165) is 71.3 Å². The Morgan fingerprint density at radius 1 is 0.893 bits per heavy atom. The van der Waals surface area contributed by atoms with Gasteiger partial charge in [0.2, 0.25) is 0 Å². The van der Waals surface area contributed by atoms with Gasteiger partial charge in [0.1, 0.15) is 5.69 Å². The van der Waals surface area contributed by atoms with E-state index in [1.165, 1.54) is 12.8 Å². The molecule has 0 bridgehead atoms. The van der Waals surface area contributed by atoms with E-state index in [9.17, 15) is 0 Å². The topological polar surface area (TPSA) is 38.2 Å². The summed E-state index contributed by atoms with van der Waals surface area (Å²) >= 11 is 6.05. The SMILES string of the molecule is Clc1ccc(-c2nnc(N3CCC(OCC4CC4)CC3)c3ccccc23)cc1. The molecule has 5 heteroatoms. The lowest BCUT2D eigenvalue weighted by Crippen LogP contribution is -2.38. The van der Waals surface area contributed by atoms with Crippen LogP contribution < -0.4 is 4.90 Å². The average Bonchev–Trinajstić information content (AvgIpc) is 3.57. The summed E-state index contributed by atoms with van der Waals surface area (Å²) in [5.74, 6) is 1.81. The number of piperidine rings is 1. The van der Waals surface area contributed by atoms with Crippen LogP contribution in [0.25, 0.3) is 22.0 Å². The lowest BCUT2D eigenvalue weighted by Gasteiger charge is -2.33. The number of hydrogen-bond donors (Lipinski definition) is 0. The van der Waals surface area contributed by atoms with Crippen molar-refractivity contribution in [2.45, 2.75) is 31.8 Å². The highest BCUT2D eigenvalue weighted by Gasteiger charge is 2.26. The van der Waals surface area contributed by atoms with Gasteiger partial charge >= 0.3 is 0 Å². The summed E-state index contributed by atoms with van der Waals surface area (Å²) in [4.78, 5) is 2.36. The first kappa shape index (κ1) is 17.9. The van der Waals surface area contributed by atoms with E-state index in [1.807, 2.05) is 24.3 Å². The highest BCUT2D eigenvalue weighted by atomic mass is 35.5. The summed E-state index contributed by atoms with van der Waals surface area (Å²) in [6.07, 6.45) is 5.20. The van der Waals surface area contributed by atoms with Crippen LogP contribution in [0.5, 0.6) is 0 Å². The van der Waals surface area contributed by atoms with Gasteiger partial charge in [0.15, 0.2) is 5.82 Å². The number of nitrogens with zero attached hydrogens (tertiary/aromatic N) is 3. The lowest BCUT2D eigenvalue weighted by molar-refractivity contribution is 0.0304. The molecule has 4 nitrogen and oxygen atoms in total. The van der Waals surface area contributed by atoms with Crippen LogP contribution in [-0.4, -0.2) is 36.0 Å². The Hall–Kier alpha value is -2.17. The van der Waals surface area contributed by atoms with E-state index in [-0.39, 0.29) is 0 Å². The smallest absolute Gasteiger partial charge is 0.159 e. The molecule has 1 aliphatic carbocycles. The molecule has 1 saturated heterocycles. The zero-order valence-electron chi connectivity index (χ0n) is 15.9. The fourth-order valence-corrected chi connectivity index (χ4v) is 4.06. The molecule has 1 aliphatic heterocycles. The van der Waals surface area contributed by atoms with E-state index in [0.29, 0.717) is 6.10 Å². The summed E-state index contributed by atoms with van der Waals surface area (Å²) in [5.41, 5.74) is 1.94. The number of hydrogen-bond acceptors (Lipinski definition) is 4. The number of benzene rings is 2. The molecule has 0 atom stereocenters. The third-order valence-electron chi connectivity index (χ3n) is 5.79. The Labute approximate surface area is 170 Å². The van der Waals surface area contributed by atoms with Crippen molar-refractivity contribution in [3.05, 3.63) is 53.6 Å². The maximum absolute atomic E-state index is 6.09. The standard InChI is InChI=1S/C23H24ClN3O/c24-18-9-7-17(8-10-18)22-20-3-1-2-4-21(20)23(26-25-22)27-13-11-19(12-14-27)28-15-16-5-6-16/h1-4,7-10,16,19H,5-6,11-15H2. The second-order valence-electron chi connectivity index (χ2n) is 7.89. The quantitative estimate of drug-likeness (QED) is 0.586. The Morgan fingerprint density at radius 2 is 1.61 bits per heavy atom. The second-order valence-corrected chi connectivity index (χ2v) is 8.32. The Morgan fingerprint density at radius 3 is 2.32 bits per heavy atom. The molecule has 2 aliphatic rings. The molecule has 0 amide bonds. The molecule has 2 heterocycles. The largest absolute Gasteiger partial charge is 0.378 e. The van der Waals surface area contributed by atoms with Crippen molar-refractivity contribution >= 4 is 28.2 Å². The van der Waals surface area contributed by atoms with Gasteiger partial charge in [-0.05, 0) is 43.7 Å². The predicted molar refractivity (Wildman–Crippen MR) is 114 cm³/mol. The average molecular weight is 394 g/mol. The molecule has 0 radical (unpaired) electrons. The van der Waals surface area contributed by atoms with Crippen LogP contribution in [-0.2, 0) is 4.74 Å². The third-order valence-corrected chi connectivity index (χ3v) is 6.04. The normalized spacial score (nSPS) is 18.0. The molecule has 3 aromatic rings. The van der Waals surface area contributed by atoms with E-state index in [4.69, 9.17) is 16.3 Å². The number of rotatable bonds is 5. The number of ether oxygens (including phenoxy) is 1. The van der Waals surface area contributed by atoms with Gasteiger partial charge in [-0.15, -0.1) is 10.2 Å². The maximum Gasteiger partial charge on any atom is 0.159 e. The number of aromatic nitrogens is 2. The highest BCUT2D eigenvalue weighted by Crippen LogP contribution is 2.34. The highest BCUT2D eigenvalue weighted by molar-refractivity contribution is 6.30.